The summed E-state index contributed by atoms with van der Waals surface area (Å²) in [7, 11) is 0. The Bertz CT molecular complexity index is 1820. The molecule has 1 amide bonds. The van der Waals surface area contributed by atoms with Crippen molar-refractivity contribution in [1.82, 2.24) is 24.3 Å². The van der Waals surface area contributed by atoms with Crippen LogP contribution in [0.4, 0.5) is 5.82 Å². The predicted octanol–water partition coefficient (Wildman–Crippen LogP) is 3.55. The molecule has 55 heavy (non-hydrogen) atoms. The van der Waals surface area contributed by atoms with E-state index in [1.54, 1.807) is 12.4 Å². The van der Waals surface area contributed by atoms with E-state index in [2.05, 4.69) is 28.4 Å². The number of hydrogen-bond acceptors (Lipinski definition) is 11. The van der Waals surface area contributed by atoms with Gasteiger partial charge in [0, 0.05) is 87.1 Å². The third-order valence-corrected chi connectivity index (χ3v) is 15.6. The van der Waals surface area contributed by atoms with Gasteiger partial charge in [-0.3, -0.25) is 19.3 Å². The zero-order valence-electron chi connectivity index (χ0n) is 33.7. The van der Waals surface area contributed by atoms with E-state index in [4.69, 9.17) is 10.5 Å². The molecule has 7 rings (SSSR count). The molecule has 302 valence electrons. The van der Waals surface area contributed by atoms with Gasteiger partial charge < -0.3 is 35.1 Å². The van der Waals surface area contributed by atoms with E-state index in [1.165, 1.54) is 0 Å². The van der Waals surface area contributed by atoms with E-state index in [1.807, 2.05) is 61.2 Å². The number of esters is 1. The fourth-order valence-corrected chi connectivity index (χ4v) is 11.9. The van der Waals surface area contributed by atoms with Gasteiger partial charge in [-0.25, -0.2) is 9.97 Å². The van der Waals surface area contributed by atoms with Crippen LogP contribution in [0, 0.1) is 34.0 Å². The van der Waals surface area contributed by atoms with Crippen molar-refractivity contribution < 1.29 is 29.3 Å². The summed E-state index contributed by atoms with van der Waals surface area (Å²) in [5, 5.41) is 24.7. The maximum atomic E-state index is 13.9. The van der Waals surface area contributed by atoms with Crippen LogP contribution in [0.3, 0.4) is 0 Å². The molecule has 3 saturated carbocycles. The molecule has 2 aliphatic heterocycles. The van der Waals surface area contributed by atoms with Crippen LogP contribution in [-0.2, 0) is 25.7 Å². The Kier molecular flexibility index (Phi) is 10.5. The van der Waals surface area contributed by atoms with E-state index in [-0.39, 0.29) is 42.7 Å². The van der Waals surface area contributed by atoms with E-state index < -0.39 is 45.9 Å². The Morgan fingerprint density at radius 1 is 1.09 bits per heavy atom. The van der Waals surface area contributed by atoms with Crippen LogP contribution in [0.1, 0.15) is 86.5 Å². The molecule has 5 aliphatic rings. The van der Waals surface area contributed by atoms with E-state index in [0.29, 0.717) is 70.7 Å². The summed E-state index contributed by atoms with van der Waals surface area (Å²) in [5.41, 5.74) is 3.52. The highest BCUT2D eigenvalue weighted by atomic mass is 16.6. The number of aliphatic hydroxyl groups is 2. The van der Waals surface area contributed by atoms with Crippen LogP contribution in [0.25, 0.3) is 11.0 Å². The van der Waals surface area contributed by atoms with Gasteiger partial charge in [0.15, 0.2) is 0 Å². The molecule has 2 aromatic rings. The number of Topliss-reactive ketones (excluding diaryl/α,β-unsaturated/α-hetero) is 1. The predicted molar refractivity (Wildman–Crippen MR) is 210 cm³/mol. The van der Waals surface area contributed by atoms with Crippen molar-refractivity contribution in [3.63, 3.8) is 0 Å². The molecule has 5 fully saturated rings. The summed E-state index contributed by atoms with van der Waals surface area (Å²) >= 11 is 0. The highest BCUT2D eigenvalue weighted by molar-refractivity contribution is 5.88. The first-order valence-corrected chi connectivity index (χ1v) is 20.6. The maximum absolute atomic E-state index is 13.9. The zero-order chi connectivity index (χ0) is 39.7. The second kappa shape index (κ2) is 14.5. The molecule has 4 N–H and O–H groups in total. The number of fused-ring (bicyclic) bond motifs is 1. The summed E-state index contributed by atoms with van der Waals surface area (Å²) < 4.78 is 8.48. The molecule has 0 aromatic carbocycles. The molecule has 4 heterocycles. The topological polar surface area (TPSA) is 167 Å². The minimum atomic E-state index is -1.10. The minimum Gasteiger partial charge on any atom is -0.458 e. The van der Waals surface area contributed by atoms with Gasteiger partial charge in [-0.15, -0.1) is 6.58 Å². The largest absolute Gasteiger partial charge is 0.458 e. The van der Waals surface area contributed by atoms with Gasteiger partial charge in [0.25, 0.3) is 0 Å². The van der Waals surface area contributed by atoms with Crippen LogP contribution in [-0.4, -0.2) is 121 Å². The number of nitrogens with zero attached hydrogens (tertiary/aromatic N) is 6. The van der Waals surface area contributed by atoms with Gasteiger partial charge in [-0.2, -0.15) is 0 Å². The maximum Gasteiger partial charge on any atom is 0.320 e. The molecule has 2 aromatic heterocycles. The Morgan fingerprint density at radius 3 is 2.56 bits per heavy atom. The lowest BCUT2D eigenvalue weighted by Gasteiger charge is -2.64. The van der Waals surface area contributed by atoms with Gasteiger partial charge in [0.1, 0.15) is 29.2 Å². The standard InChI is InChI=1S/C42H63N7O6/c1-8-39(5)21-32(51)41(7)35-31(50)9-13-42(35,28(4)36(39)54)15-14-40(41,6)55-34(53)24-46-19-20-48(27(3)23-46)33(52)12-17-47-16-11-29-37(47)44-25-45-38(29)49-18-10-26(2)30(49)22-43/h8,11,16,25-28,30,32,35-36,51,54H,1,9-10,12-15,17-24,43H2,2-7H3/t26?,27-,28?,30?,32?,35?,36?,39?,40?,41?,42?/m0/s1. The normalized spacial score (nSPS) is 39.5. The summed E-state index contributed by atoms with van der Waals surface area (Å²) in [6.45, 7) is 19.6. The summed E-state index contributed by atoms with van der Waals surface area (Å²) in [6, 6.07) is 2.17. The number of aryl methyl sites for hydroxylation is 1. The minimum absolute atomic E-state index is 0.0512. The molecule has 2 bridgehead atoms. The van der Waals surface area contributed by atoms with Gasteiger partial charge in [-0.05, 0) is 69.3 Å². The molecule has 3 aliphatic carbocycles. The molecule has 0 spiro atoms. The number of anilines is 1. The van der Waals surface area contributed by atoms with E-state index in [9.17, 15) is 24.6 Å². The Morgan fingerprint density at radius 2 is 1.85 bits per heavy atom. The summed E-state index contributed by atoms with van der Waals surface area (Å²) in [6.07, 6.45) is 7.31. The number of carbonyl (C=O) groups is 3. The number of ether oxygens (including phenoxy) is 1. The van der Waals surface area contributed by atoms with Crippen molar-refractivity contribution >= 4 is 34.5 Å². The van der Waals surface area contributed by atoms with E-state index >= 15 is 0 Å². The smallest absolute Gasteiger partial charge is 0.320 e. The molecule has 11 atom stereocenters. The highest BCUT2D eigenvalue weighted by Crippen LogP contribution is 2.69. The van der Waals surface area contributed by atoms with Crippen molar-refractivity contribution in [3.05, 3.63) is 31.2 Å². The number of ketones is 1. The Balaban J connectivity index is 0.985. The molecular weight excluding hydrogens is 699 g/mol. The quantitative estimate of drug-likeness (QED) is 0.253. The summed E-state index contributed by atoms with van der Waals surface area (Å²) in [4.78, 5) is 56.7. The third-order valence-electron chi connectivity index (χ3n) is 15.6. The fraction of sp³-hybridized carbons (Fsp3) is 0.738. The van der Waals surface area contributed by atoms with Crippen molar-refractivity contribution in [2.24, 2.45) is 39.7 Å². The fourth-order valence-electron chi connectivity index (χ4n) is 11.9. The first-order chi connectivity index (χ1) is 26.0. The van der Waals surface area contributed by atoms with Crippen LogP contribution in [0.2, 0.25) is 0 Å². The molecular formula is C42H63N7O6. The number of rotatable bonds is 9. The van der Waals surface area contributed by atoms with Gasteiger partial charge in [-0.1, -0.05) is 33.8 Å². The summed E-state index contributed by atoms with van der Waals surface area (Å²) in [5.74, 6) is 0.402. The average Bonchev–Trinajstić information content (AvgIpc) is 3.85. The molecule has 13 nitrogen and oxygen atoms in total. The molecule has 0 radical (unpaired) electrons. The molecule has 10 unspecified atom stereocenters. The van der Waals surface area contributed by atoms with Crippen LogP contribution < -0.4 is 10.6 Å². The second-order valence-corrected chi connectivity index (χ2v) is 18.4. The number of carbonyl (C=O) groups excluding carboxylic acids is 3. The van der Waals surface area contributed by atoms with Crippen molar-refractivity contribution in [3.8, 4) is 0 Å². The van der Waals surface area contributed by atoms with Gasteiger partial charge >= 0.3 is 5.97 Å². The highest BCUT2D eigenvalue weighted by Gasteiger charge is 2.72. The monoisotopic (exact) mass is 761 g/mol. The number of nitrogens with two attached hydrogens (primary N) is 1. The van der Waals surface area contributed by atoms with Crippen molar-refractivity contribution in [2.75, 3.05) is 44.2 Å². The Labute approximate surface area is 325 Å². The number of aromatic nitrogens is 3. The lowest BCUT2D eigenvalue weighted by Crippen LogP contribution is -2.69. The van der Waals surface area contributed by atoms with E-state index in [0.717, 1.165) is 29.8 Å². The number of amides is 1. The number of hydrogen-bond donors (Lipinski definition) is 3. The second-order valence-electron chi connectivity index (χ2n) is 18.4. The van der Waals surface area contributed by atoms with Gasteiger partial charge in [0.05, 0.1) is 24.1 Å². The molecule has 13 heteroatoms. The Hall–Kier alpha value is -3.39. The third kappa shape index (κ3) is 6.32. The van der Waals surface area contributed by atoms with Crippen molar-refractivity contribution in [2.45, 2.75) is 123 Å². The number of aliphatic hydroxyl groups excluding tert-OH is 2. The number of piperazine rings is 1. The van der Waals surface area contributed by atoms with Crippen LogP contribution in [0.15, 0.2) is 31.2 Å². The lowest BCUT2D eigenvalue weighted by molar-refractivity contribution is -0.253. The lowest BCUT2D eigenvalue weighted by atomic mass is 9.42. The van der Waals surface area contributed by atoms with Crippen molar-refractivity contribution in [1.29, 1.82) is 0 Å². The van der Waals surface area contributed by atoms with Crippen LogP contribution >= 0.6 is 0 Å². The SMILES string of the molecule is C=CC1(C)CC(O)C2(C)C3C(=O)CCC3(CCC2(C)OC(=O)CN2CCN(C(=O)CCn3ccc4c(N5CCC(C)C5CN)ncnc43)[C@@H](C)C2)C(C)C1O. The zero-order valence-corrected chi connectivity index (χ0v) is 33.7. The average molecular weight is 762 g/mol. The van der Waals surface area contributed by atoms with Gasteiger partial charge in [0.2, 0.25) is 5.91 Å². The molecule has 2 saturated heterocycles. The van der Waals surface area contributed by atoms with Crippen LogP contribution in [0.5, 0.6) is 0 Å². The first kappa shape index (κ1) is 39.8. The first-order valence-electron chi connectivity index (χ1n) is 20.6.